The molecule has 1 amide bonds. The lowest BCUT2D eigenvalue weighted by Gasteiger charge is -2.24. The molecule has 0 aliphatic carbocycles. The average molecular weight is 577 g/mol. The monoisotopic (exact) mass is 575 g/mol. The van der Waals surface area contributed by atoms with Crippen LogP contribution in [0.2, 0.25) is 10.0 Å². The van der Waals surface area contributed by atoms with E-state index in [4.69, 9.17) is 27.9 Å². The summed E-state index contributed by atoms with van der Waals surface area (Å²) in [4.78, 5) is 15.0. The molecule has 0 saturated heterocycles. The molecule has 0 N–H and O–H groups in total. The van der Waals surface area contributed by atoms with E-state index in [9.17, 15) is 4.79 Å². The van der Waals surface area contributed by atoms with Gasteiger partial charge in [-0.3, -0.25) is 4.79 Å². The van der Waals surface area contributed by atoms with Gasteiger partial charge in [-0.1, -0.05) is 71.7 Å². The molecular formula is C34H37Cl2N2O2+. The van der Waals surface area contributed by atoms with Gasteiger partial charge in [-0.25, -0.2) is 4.57 Å². The number of rotatable bonds is 12. The van der Waals surface area contributed by atoms with Crippen LogP contribution in [0.5, 0.6) is 5.75 Å². The Morgan fingerprint density at radius 2 is 1.55 bits per heavy atom. The van der Waals surface area contributed by atoms with Crippen LogP contribution in [0, 0.1) is 0 Å². The fraction of sp³-hybridized carbons (Fsp3) is 0.294. The summed E-state index contributed by atoms with van der Waals surface area (Å²) >= 11 is 12.6. The van der Waals surface area contributed by atoms with Gasteiger partial charge in [-0.15, -0.1) is 0 Å². The Balaban J connectivity index is 1.42. The number of pyridine rings is 1. The van der Waals surface area contributed by atoms with E-state index >= 15 is 0 Å². The Kier molecular flexibility index (Phi) is 10.6. The zero-order valence-corrected chi connectivity index (χ0v) is 24.9. The van der Waals surface area contributed by atoms with Crippen LogP contribution in [0.25, 0.3) is 0 Å². The molecule has 0 aliphatic rings. The minimum absolute atomic E-state index is 0.0599. The van der Waals surface area contributed by atoms with Gasteiger partial charge in [0.2, 0.25) is 5.91 Å². The number of amides is 1. The van der Waals surface area contributed by atoms with E-state index in [0.29, 0.717) is 23.0 Å². The molecule has 40 heavy (non-hydrogen) atoms. The average Bonchev–Trinajstić information content (AvgIpc) is 2.93. The highest BCUT2D eigenvalue weighted by atomic mass is 35.5. The van der Waals surface area contributed by atoms with Gasteiger partial charge < -0.3 is 9.64 Å². The SMILES string of the molecule is CC(C)Oc1cccc(CC(=O)N(C)CC(CC[n+]2ccc(Cc3ccccc3)cc2)c2ccc(Cl)c(Cl)c2)c1. The van der Waals surface area contributed by atoms with Crippen LogP contribution >= 0.6 is 23.2 Å². The third-order valence-electron chi connectivity index (χ3n) is 6.91. The summed E-state index contributed by atoms with van der Waals surface area (Å²) in [5.41, 5.74) is 4.58. The van der Waals surface area contributed by atoms with Gasteiger partial charge in [0, 0.05) is 38.1 Å². The van der Waals surface area contributed by atoms with Crippen molar-refractivity contribution in [3.05, 3.63) is 130 Å². The van der Waals surface area contributed by atoms with Gasteiger partial charge in [0.05, 0.1) is 22.6 Å². The van der Waals surface area contributed by atoms with Crippen LogP contribution in [0.1, 0.15) is 48.4 Å². The number of hydrogen-bond donors (Lipinski definition) is 0. The molecule has 6 heteroatoms. The predicted octanol–water partition coefficient (Wildman–Crippen LogP) is 7.53. The fourth-order valence-electron chi connectivity index (χ4n) is 4.76. The second-order valence-corrected chi connectivity index (χ2v) is 11.3. The molecule has 0 bridgehead atoms. The van der Waals surface area contributed by atoms with E-state index in [-0.39, 0.29) is 17.9 Å². The molecule has 4 rings (SSSR count). The van der Waals surface area contributed by atoms with Gasteiger partial charge in [-0.2, -0.15) is 0 Å². The topological polar surface area (TPSA) is 33.4 Å². The maximum atomic E-state index is 13.2. The van der Waals surface area contributed by atoms with Crippen molar-refractivity contribution in [2.45, 2.75) is 51.7 Å². The number of aryl methyl sites for hydroxylation is 1. The first-order valence-corrected chi connectivity index (χ1v) is 14.5. The molecule has 0 spiro atoms. The predicted molar refractivity (Wildman–Crippen MR) is 163 cm³/mol. The Labute approximate surface area is 248 Å². The summed E-state index contributed by atoms with van der Waals surface area (Å²) in [6, 6.07) is 28.4. The molecule has 208 valence electrons. The van der Waals surface area contributed by atoms with E-state index < -0.39 is 0 Å². The molecule has 3 aromatic carbocycles. The molecule has 1 atom stereocenters. The van der Waals surface area contributed by atoms with Crippen molar-refractivity contribution < 1.29 is 14.1 Å². The minimum atomic E-state index is 0.0599. The first-order valence-electron chi connectivity index (χ1n) is 13.7. The molecule has 0 fully saturated rings. The third kappa shape index (κ3) is 8.84. The maximum Gasteiger partial charge on any atom is 0.226 e. The molecule has 0 aliphatic heterocycles. The lowest BCUT2D eigenvalue weighted by Crippen LogP contribution is -2.36. The van der Waals surface area contributed by atoms with Crippen LogP contribution in [0.3, 0.4) is 0 Å². The molecule has 0 saturated carbocycles. The number of nitrogens with zero attached hydrogens (tertiary/aromatic N) is 2. The van der Waals surface area contributed by atoms with Crippen LogP contribution in [-0.4, -0.2) is 30.5 Å². The smallest absolute Gasteiger partial charge is 0.226 e. The highest BCUT2D eigenvalue weighted by molar-refractivity contribution is 6.42. The summed E-state index contributed by atoms with van der Waals surface area (Å²) in [5.74, 6) is 0.934. The first-order chi connectivity index (χ1) is 19.3. The summed E-state index contributed by atoms with van der Waals surface area (Å²) in [7, 11) is 1.87. The van der Waals surface area contributed by atoms with Crippen molar-refractivity contribution in [2.75, 3.05) is 13.6 Å². The van der Waals surface area contributed by atoms with E-state index in [1.54, 1.807) is 0 Å². The zero-order valence-electron chi connectivity index (χ0n) is 23.4. The third-order valence-corrected chi connectivity index (χ3v) is 7.65. The van der Waals surface area contributed by atoms with Crippen molar-refractivity contribution in [1.82, 2.24) is 4.90 Å². The highest BCUT2D eigenvalue weighted by Gasteiger charge is 2.21. The molecule has 4 aromatic rings. The fourth-order valence-corrected chi connectivity index (χ4v) is 5.07. The number of carbonyl (C=O) groups is 1. The van der Waals surface area contributed by atoms with Gasteiger partial charge in [0.1, 0.15) is 12.3 Å². The molecule has 1 aromatic heterocycles. The lowest BCUT2D eigenvalue weighted by molar-refractivity contribution is -0.697. The number of ether oxygens (including phenoxy) is 1. The molecule has 0 radical (unpaired) electrons. The maximum absolute atomic E-state index is 13.2. The van der Waals surface area contributed by atoms with Crippen molar-refractivity contribution in [3.63, 3.8) is 0 Å². The second-order valence-electron chi connectivity index (χ2n) is 10.5. The van der Waals surface area contributed by atoms with Gasteiger partial charge >= 0.3 is 0 Å². The zero-order chi connectivity index (χ0) is 28.5. The molecule has 1 unspecified atom stereocenters. The summed E-state index contributed by atoms with van der Waals surface area (Å²) < 4.78 is 8.00. The Morgan fingerprint density at radius 1 is 0.850 bits per heavy atom. The minimum Gasteiger partial charge on any atom is -0.491 e. The summed E-state index contributed by atoms with van der Waals surface area (Å²) in [6.07, 6.45) is 6.41. The van der Waals surface area contributed by atoms with E-state index in [0.717, 1.165) is 36.3 Å². The number of likely N-dealkylation sites (N-methyl/N-ethyl adjacent to an activating group) is 1. The Hall–Kier alpha value is -3.34. The van der Waals surface area contributed by atoms with Gasteiger partial charge in [0.15, 0.2) is 12.4 Å². The molecule has 1 heterocycles. The Bertz CT molecular complexity index is 1390. The van der Waals surface area contributed by atoms with E-state index in [1.807, 2.05) is 74.3 Å². The summed E-state index contributed by atoms with van der Waals surface area (Å²) in [6.45, 7) is 5.37. The van der Waals surface area contributed by atoms with Crippen LogP contribution in [0.4, 0.5) is 0 Å². The largest absolute Gasteiger partial charge is 0.491 e. The number of benzene rings is 3. The van der Waals surface area contributed by atoms with Crippen molar-refractivity contribution in [3.8, 4) is 5.75 Å². The van der Waals surface area contributed by atoms with Gasteiger partial charge in [0.25, 0.3) is 0 Å². The van der Waals surface area contributed by atoms with Crippen molar-refractivity contribution in [1.29, 1.82) is 0 Å². The lowest BCUT2D eigenvalue weighted by atomic mass is 9.94. The summed E-state index contributed by atoms with van der Waals surface area (Å²) in [5, 5.41) is 1.05. The van der Waals surface area contributed by atoms with Crippen LogP contribution in [-0.2, 0) is 24.2 Å². The highest BCUT2D eigenvalue weighted by Crippen LogP contribution is 2.29. The molecular weight excluding hydrogens is 539 g/mol. The van der Waals surface area contributed by atoms with Crippen molar-refractivity contribution >= 4 is 29.1 Å². The van der Waals surface area contributed by atoms with Gasteiger partial charge in [-0.05, 0) is 66.8 Å². The molecule has 4 nitrogen and oxygen atoms in total. The van der Waals surface area contributed by atoms with Crippen LogP contribution in [0.15, 0.2) is 97.3 Å². The normalized spacial score (nSPS) is 11.8. The standard InChI is InChI=1S/C34H37Cl2N2O2/c1-25(2)40-31-11-7-10-28(21-31)22-34(39)37(3)24-30(29-12-13-32(35)33(36)23-29)16-19-38-17-14-27(15-18-38)20-26-8-5-4-6-9-26/h4-15,17-18,21,23,25,30H,16,19-20,22,24H2,1-3H3/q+1. The van der Waals surface area contributed by atoms with E-state index in [2.05, 4.69) is 53.4 Å². The quantitative estimate of drug-likeness (QED) is 0.163. The number of aromatic nitrogens is 1. The Morgan fingerprint density at radius 3 is 2.25 bits per heavy atom. The first kappa shape index (κ1) is 29.6. The van der Waals surface area contributed by atoms with Crippen LogP contribution < -0.4 is 9.30 Å². The van der Waals surface area contributed by atoms with E-state index in [1.165, 1.54) is 11.1 Å². The van der Waals surface area contributed by atoms with Crippen molar-refractivity contribution in [2.24, 2.45) is 0 Å². The second kappa shape index (κ2) is 14.3. The number of hydrogen-bond acceptors (Lipinski definition) is 2. The number of halogens is 2. The number of carbonyl (C=O) groups excluding carboxylic acids is 1.